The molecule has 11 heteroatoms. The molecule has 1 fully saturated rings. The Bertz CT molecular complexity index is 1210. The summed E-state index contributed by atoms with van der Waals surface area (Å²) in [5, 5.41) is 0. The highest BCUT2D eigenvalue weighted by atomic mass is 32.3. The normalized spacial score (nSPS) is 19.7. The first-order chi connectivity index (χ1) is 15.7. The standard InChI is InChI=1S/C22H27FN6O3S/c1-22(14-24)6-9-28(10-7-22)19-13-25-20-17(27-19)12-26-21(20)29-8-2-3-15-11-16(4-5-18(15)29)32-33(23,30)31/h4-5,11,13H,2-3,6-10,12,14,24H2,1H3. The average molecular weight is 475 g/mol. The maximum atomic E-state index is 12.9. The summed E-state index contributed by atoms with van der Waals surface area (Å²) in [6.45, 7) is 5.97. The predicted molar refractivity (Wildman–Crippen MR) is 124 cm³/mol. The smallest absolute Gasteiger partial charge is 0.358 e. The second kappa shape index (κ2) is 8.21. The van der Waals surface area contributed by atoms with E-state index in [1.807, 2.05) is 6.20 Å². The van der Waals surface area contributed by atoms with Gasteiger partial charge in [0.2, 0.25) is 0 Å². The van der Waals surface area contributed by atoms with E-state index in [0.717, 1.165) is 79.6 Å². The number of aromatic nitrogens is 2. The van der Waals surface area contributed by atoms with Gasteiger partial charge in [0, 0.05) is 25.3 Å². The third-order valence-electron chi connectivity index (χ3n) is 6.83. The van der Waals surface area contributed by atoms with Gasteiger partial charge in [0.05, 0.1) is 18.4 Å². The molecule has 33 heavy (non-hydrogen) atoms. The van der Waals surface area contributed by atoms with Gasteiger partial charge in [-0.05, 0) is 61.4 Å². The third kappa shape index (κ3) is 4.39. The lowest BCUT2D eigenvalue weighted by molar-refractivity contribution is 0.258. The van der Waals surface area contributed by atoms with Gasteiger partial charge in [-0.1, -0.05) is 10.8 Å². The van der Waals surface area contributed by atoms with Gasteiger partial charge in [0.1, 0.15) is 17.3 Å². The molecule has 9 nitrogen and oxygen atoms in total. The van der Waals surface area contributed by atoms with E-state index in [-0.39, 0.29) is 11.2 Å². The Labute approximate surface area is 192 Å². The van der Waals surface area contributed by atoms with Crippen LogP contribution in [0.3, 0.4) is 0 Å². The maximum absolute atomic E-state index is 12.9. The largest absolute Gasteiger partial charge is 0.488 e. The van der Waals surface area contributed by atoms with Gasteiger partial charge in [-0.25, -0.2) is 9.97 Å². The summed E-state index contributed by atoms with van der Waals surface area (Å²) in [4.78, 5) is 18.7. The van der Waals surface area contributed by atoms with Gasteiger partial charge in [0.25, 0.3) is 0 Å². The Kier molecular flexibility index (Phi) is 5.48. The average Bonchev–Trinajstić information content (AvgIpc) is 3.21. The van der Waals surface area contributed by atoms with Crippen LogP contribution in [0.4, 0.5) is 15.4 Å². The zero-order valence-corrected chi connectivity index (χ0v) is 19.3. The van der Waals surface area contributed by atoms with Gasteiger partial charge >= 0.3 is 10.5 Å². The van der Waals surface area contributed by atoms with E-state index in [2.05, 4.69) is 20.9 Å². The lowest BCUT2D eigenvalue weighted by Crippen LogP contribution is -2.42. The van der Waals surface area contributed by atoms with Crippen molar-refractivity contribution in [2.45, 2.75) is 39.2 Å². The van der Waals surface area contributed by atoms with Crippen LogP contribution in [0.25, 0.3) is 0 Å². The van der Waals surface area contributed by atoms with Crippen LogP contribution in [-0.4, -0.2) is 50.4 Å². The number of benzene rings is 1. The molecule has 0 radical (unpaired) electrons. The number of hydrogen-bond donors (Lipinski definition) is 1. The van der Waals surface area contributed by atoms with Crippen molar-refractivity contribution in [2.24, 2.45) is 16.1 Å². The zero-order valence-electron chi connectivity index (χ0n) is 18.5. The van der Waals surface area contributed by atoms with Crippen molar-refractivity contribution in [3.8, 4) is 5.75 Å². The molecule has 0 amide bonds. The lowest BCUT2D eigenvalue weighted by atomic mass is 9.80. The van der Waals surface area contributed by atoms with Crippen LogP contribution in [0, 0.1) is 5.41 Å². The molecular weight excluding hydrogens is 447 g/mol. The summed E-state index contributed by atoms with van der Waals surface area (Å²) in [6.07, 6.45) is 5.45. The van der Waals surface area contributed by atoms with Crippen molar-refractivity contribution in [3.63, 3.8) is 0 Å². The Hall–Kier alpha value is -2.79. The SMILES string of the molecule is CC1(CN)CCN(c2cnc3c(n2)CN=C3N2CCCc3cc(OS(=O)(=O)F)ccc32)CC1. The molecule has 2 N–H and O–H groups in total. The second-order valence-electron chi connectivity index (χ2n) is 9.19. The molecule has 0 atom stereocenters. The first kappa shape index (κ1) is 22.0. The van der Waals surface area contributed by atoms with Crippen LogP contribution in [0.15, 0.2) is 29.4 Å². The van der Waals surface area contributed by atoms with E-state index in [1.165, 1.54) is 6.07 Å². The number of aliphatic imine (C=N–C) groups is 1. The van der Waals surface area contributed by atoms with Crippen molar-refractivity contribution in [1.29, 1.82) is 0 Å². The van der Waals surface area contributed by atoms with Gasteiger partial charge < -0.3 is 19.7 Å². The number of piperidine rings is 1. The first-order valence-corrected chi connectivity index (χ1v) is 12.5. The Balaban J connectivity index is 1.36. The van der Waals surface area contributed by atoms with E-state index < -0.39 is 10.5 Å². The second-order valence-corrected chi connectivity index (χ2v) is 10.1. The fourth-order valence-corrected chi connectivity index (χ4v) is 5.08. The molecule has 0 unspecified atom stereocenters. The fourth-order valence-electron chi connectivity index (χ4n) is 4.74. The first-order valence-electron chi connectivity index (χ1n) is 11.1. The third-order valence-corrected chi connectivity index (χ3v) is 7.22. The molecule has 0 saturated carbocycles. The molecule has 4 heterocycles. The summed E-state index contributed by atoms with van der Waals surface area (Å²) >= 11 is 0. The monoisotopic (exact) mass is 474 g/mol. The summed E-state index contributed by atoms with van der Waals surface area (Å²) in [5.74, 6) is 1.59. The van der Waals surface area contributed by atoms with Crippen LogP contribution in [-0.2, 0) is 23.5 Å². The molecule has 1 aromatic heterocycles. The van der Waals surface area contributed by atoms with Crippen molar-refractivity contribution in [3.05, 3.63) is 41.3 Å². The van der Waals surface area contributed by atoms with Gasteiger partial charge in [0.15, 0.2) is 5.84 Å². The number of nitrogens with zero attached hydrogens (tertiary/aromatic N) is 5. The summed E-state index contributed by atoms with van der Waals surface area (Å²) in [6, 6.07) is 4.75. The zero-order chi connectivity index (χ0) is 23.2. The van der Waals surface area contributed by atoms with Gasteiger partial charge in [-0.2, -0.15) is 8.42 Å². The van der Waals surface area contributed by atoms with Crippen LogP contribution in [0.1, 0.15) is 43.1 Å². The molecule has 176 valence electrons. The topological polar surface area (TPSA) is 114 Å². The van der Waals surface area contributed by atoms with E-state index >= 15 is 0 Å². The number of nitrogens with two attached hydrogens (primary N) is 1. The molecule has 0 bridgehead atoms. The van der Waals surface area contributed by atoms with Crippen molar-refractivity contribution < 1.29 is 16.5 Å². The summed E-state index contributed by atoms with van der Waals surface area (Å²) in [5.41, 5.74) is 9.51. The minimum Gasteiger partial charge on any atom is -0.358 e. The Morgan fingerprint density at radius 1 is 1.24 bits per heavy atom. The van der Waals surface area contributed by atoms with Crippen LogP contribution < -0.4 is 19.7 Å². The number of hydrogen-bond acceptors (Lipinski definition) is 9. The predicted octanol–water partition coefficient (Wildman–Crippen LogP) is 2.35. The van der Waals surface area contributed by atoms with E-state index in [0.29, 0.717) is 13.1 Å². The van der Waals surface area contributed by atoms with E-state index in [1.54, 1.807) is 12.1 Å². The number of aryl methyl sites for hydroxylation is 1. The minimum absolute atomic E-state index is 0.0384. The quantitative estimate of drug-likeness (QED) is 0.672. The Morgan fingerprint density at radius 2 is 2.03 bits per heavy atom. The molecular formula is C22H27FN6O3S. The molecule has 3 aliphatic heterocycles. The summed E-state index contributed by atoms with van der Waals surface area (Å²) < 4.78 is 39.0. The Morgan fingerprint density at radius 3 is 2.76 bits per heavy atom. The molecule has 1 saturated heterocycles. The molecule has 5 rings (SSSR count). The number of fused-ring (bicyclic) bond motifs is 2. The highest BCUT2D eigenvalue weighted by Crippen LogP contribution is 2.35. The molecule has 2 aromatic rings. The van der Waals surface area contributed by atoms with Crippen LogP contribution in [0.5, 0.6) is 5.75 Å². The number of anilines is 2. The molecule has 0 spiro atoms. The van der Waals surface area contributed by atoms with Crippen LogP contribution >= 0.6 is 0 Å². The lowest BCUT2D eigenvalue weighted by Gasteiger charge is -2.39. The van der Waals surface area contributed by atoms with Crippen LogP contribution in [0.2, 0.25) is 0 Å². The van der Waals surface area contributed by atoms with Crippen molar-refractivity contribution in [1.82, 2.24) is 9.97 Å². The number of halogens is 1. The minimum atomic E-state index is -5.06. The van der Waals surface area contributed by atoms with Crippen molar-refractivity contribution >= 4 is 27.8 Å². The number of amidine groups is 1. The molecule has 0 aliphatic carbocycles. The van der Waals surface area contributed by atoms with Crippen molar-refractivity contribution in [2.75, 3.05) is 36.0 Å². The highest BCUT2D eigenvalue weighted by Gasteiger charge is 2.32. The van der Waals surface area contributed by atoms with Gasteiger partial charge in [-0.15, -0.1) is 0 Å². The molecule has 3 aliphatic rings. The van der Waals surface area contributed by atoms with Gasteiger partial charge in [-0.3, -0.25) is 4.99 Å². The summed E-state index contributed by atoms with van der Waals surface area (Å²) in [7, 11) is -5.06. The molecule has 1 aromatic carbocycles. The number of rotatable bonds is 4. The maximum Gasteiger partial charge on any atom is 0.488 e. The fraction of sp³-hybridized carbons (Fsp3) is 0.500. The highest BCUT2D eigenvalue weighted by molar-refractivity contribution is 7.81. The van der Waals surface area contributed by atoms with E-state index in [4.69, 9.17) is 20.7 Å². The van der Waals surface area contributed by atoms with E-state index in [9.17, 15) is 12.3 Å².